The Morgan fingerprint density at radius 2 is 1.94 bits per heavy atom. The second-order valence-electron chi connectivity index (χ2n) is 4.37. The molecule has 0 saturated heterocycles. The van der Waals surface area contributed by atoms with Crippen LogP contribution in [0.1, 0.15) is 26.3 Å². The maximum absolute atomic E-state index is 5.64. The summed E-state index contributed by atoms with van der Waals surface area (Å²) in [7, 11) is 0. The molecule has 0 spiro atoms. The molecule has 16 heavy (non-hydrogen) atoms. The predicted octanol–water partition coefficient (Wildman–Crippen LogP) is 3.41. The van der Waals surface area contributed by atoms with Crippen LogP contribution in [0.4, 0.5) is 0 Å². The van der Waals surface area contributed by atoms with E-state index in [1.807, 2.05) is 51.1 Å². The summed E-state index contributed by atoms with van der Waals surface area (Å²) >= 11 is 0. The molecule has 0 atom stereocenters. The molecule has 0 bridgehead atoms. The van der Waals surface area contributed by atoms with Crippen LogP contribution in [0.2, 0.25) is 0 Å². The Kier molecular flexibility index (Phi) is 4.34. The van der Waals surface area contributed by atoms with Gasteiger partial charge in [0.15, 0.2) is 0 Å². The average molecular weight is 214 g/mol. The standard InChI is InChI=1S/C15H18O/c1-13(2)12-16-15(3,4)11-10-14-8-6-5-7-9-14/h5-9H,1,12H2,2-4H3. The Bertz CT molecular complexity index is 404. The van der Waals surface area contributed by atoms with E-state index in [0.717, 1.165) is 11.1 Å². The minimum absolute atomic E-state index is 0.436. The summed E-state index contributed by atoms with van der Waals surface area (Å²) in [6, 6.07) is 9.91. The average Bonchev–Trinajstić information content (AvgIpc) is 2.26. The summed E-state index contributed by atoms with van der Waals surface area (Å²) in [5.74, 6) is 6.22. The Morgan fingerprint density at radius 1 is 1.31 bits per heavy atom. The van der Waals surface area contributed by atoms with Crippen molar-refractivity contribution in [2.45, 2.75) is 26.4 Å². The lowest BCUT2D eigenvalue weighted by atomic mass is 10.1. The first-order valence-electron chi connectivity index (χ1n) is 5.36. The van der Waals surface area contributed by atoms with Crippen molar-refractivity contribution in [1.29, 1.82) is 0 Å². The number of hydrogen-bond acceptors (Lipinski definition) is 1. The zero-order chi connectivity index (χ0) is 12.0. The van der Waals surface area contributed by atoms with E-state index in [0.29, 0.717) is 6.61 Å². The fourth-order valence-electron chi connectivity index (χ4n) is 1.08. The zero-order valence-electron chi connectivity index (χ0n) is 10.2. The highest BCUT2D eigenvalue weighted by Crippen LogP contribution is 2.09. The van der Waals surface area contributed by atoms with Gasteiger partial charge in [-0.25, -0.2) is 0 Å². The second kappa shape index (κ2) is 5.53. The number of hydrogen-bond donors (Lipinski definition) is 0. The first kappa shape index (κ1) is 12.5. The van der Waals surface area contributed by atoms with Crippen molar-refractivity contribution in [2.75, 3.05) is 6.61 Å². The monoisotopic (exact) mass is 214 g/mol. The quantitative estimate of drug-likeness (QED) is 0.553. The molecule has 84 valence electrons. The molecule has 0 heterocycles. The minimum Gasteiger partial charge on any atom is -0.359 e. The van der Waals surface area contributed by atoms with Crippen LogP contribution in [0, 0.1) is 11.8 Å². The van der Waals surface area contributed by atoms with E-state index >= 15 is 0 Å². The summed E-state index contributed by atoms with van der Waals surface area (Å²) in [5, 5.41) is 0. The van der Waals surface area contributed by atoms with E-state index in [1.54, 1.807) is 0 Å². The van der Waals surface area contributed by atoms with Crippen LogP contribution in [-0.2, 0) is 4.74 Å². The lowest BCUT2D eigenvalue weighted by Gasteiger charge is -2.18. The maximum atomic E-state index is 5.64. The zero-order valence-corrected chi connectivity index (χ0v) is 10.2. The lowest BCUT2D eigenvalue weighted by molar-refractivity contribution is 0.0428. The van der Waals surface area contributed by atoms with Crippen molar-refractivity contribution < 1.29 is 4.74 Å². The van der Waals surface area contributed by atoms with Crippen LogP contribution in [0.3, 0.4) is 0 Å². The second-order valence-corrected chi connectivity index (χ2v) is 4.37. The molecular weight excluding hydrogens is 196 g/mol. The molecule has 0 aliphatic heterocycles. The van der Waals surface area contributed by atoms with Gasteiger partial charge in [-0.05, 0) is 32.9 Å². The fourth-order valence-corrected chi connectivity index (χ4v) is 1.08. The van der Waals surface area contributed by atoms with E-state index in [1.165, 1.54) is 0 Å². The number of ether oxygens (including phenoxy) is 1. The molecule has 1 aromatic carbocycles. The Balaban J connectivity index is 2.65. The van der Waals surface area contributed by atoms with Gasteiger partial charge in [0.2, 0.25) is 0 Å². The molecule has 1 aromatic rings. The van der Waals surface area contributed by atoms with Crippen LogP contribution >= 0.6 is 0 Å². The molecule has 0 unspecified atom stereocenters. The van der Waals surface area contributed by atoms with Gasteiger partial charge in [-0.3, -0.25) is 0 Å². The van der Waals surface area contributed by atoms with E-state index in [2.05, 4.69) is 18.4 Å². The molecule has 1 nitrogen and oxygen atoms in total. The predicted molar refractivity (Wildman–Crippen MR) is 68.2 cm³/mol. The Morgan fingerprint density at radius 3 is 2.50 bits per heavy atom. The van der Waals surface area contributed by atoms with Gasteiger partial charge in [0.25, 0.3) is 0 Å². The number of rotatable bonds is 3. The van der Waals surface area contributed by atoms with E-state index in [4.69, 9.17) is 4.74 Å². The van der Waals surface area contributed by atoms with Gasteiger partial charge in [0.05, 0.1) is 6.61 Å². The van der Waals surface area contributed by atoms with Gasteiger partial charge in [-0.1, -0.05) is 42.2 Å². The topological polar surface area (TPSA) is 9.23 Å². The first-order chi connectivity index (χ1) is 7.49. The van der Waals surface area contributed by atoms with Crippen molar-refractivity contribution in [3.05, 3.63) is 48.0 Å². The van der Waals surface area contributed by atoms with Crippen LogP contribution in [-0.4, -0.2) is 12.2 Å². The summed E-state index contributed by atoms with van der Waals surface area (Å²) in [6.45, 7) is 10.2. The summed E-state index contributed by atoms with van der Waals surface area (Å²) in [5.41, 5.74) is 1.58. The summed E-state index contributed by atoms with van der Waals surface area (Å²) in [4.78, 5) is 0. The highest BCUT2D eigenvalue weighted by molar-refractivity contribution is 5.35. The van der Waals surface area contributed by atoms with Crippen molar-refractivity contribution >= 4 is 0 Å². The van der Waals surface area contributed by atoms with Crippen molar-refractivity contribution in [1.82, 2.24) is 0 Å². The number of benzene rings is 1. The first-order valence-corrected chi connectivity index (χ1v) is 5.36. The van der Waals surface area contributed by atoms with E-state index in [9.17, 15) is 0 Å². The van der Waals surface area contributed by atoms with Gasteiger partial charge in [0, 0.05) is 5.56 Å². The fraction of sp³-hybridized carbons (Fsp3) is 0.333. The highest BCUT2D eigenvalue weighted by Gasteiger charge is 2.13. The molecule has 0 aromatic heterocycles. The molecule has 0 radical (unpaired) electrons. The molecule has 0 N–H and O–H groups in total. The van der Waals surface area contributed by atoms with E-state index < -0.39 is 5.60 Å². The molecular formula is C15H18O. The molecule has 0 fully saturated rings. The summed E-state index contributed by atoms with van der Waals surface area (Å²) < 4.78 is 5.64. The van der Waals surface area contributed by atoms with Gasteiger partial charge in [-0.2, -0.15) is 0 Å². The van der Waals surface area contributed by atoms with Crippen molar-refractivity contribution in [3.63, 3.8) is 0 Å². The molecule has 0 saturated carbocycles. The van der Waals surface area contributed by atoms with Crippen LogP contribution < -0.4 is 0 Å². The van der Waals surface area contributed by atoms with Gasteiger partial charge >= 0.3 is 0 Å². The van der Waals surface area contributed by atoms with Crippen molar-refractivity contribution in [2.24, 2.45) is 0 Å². The Labute approximate surface area is 98.1 Å². The smallest absolute Gasteiger partial charge is 0.123 e. The van der Waals surface area contributed by atoms with Crippen LogP contribution in [0.15, 0.2) is 42.5 Å². The largest absolute Gasteiger partial charge is 0.359 e. The molecule has 0 aliphatic rings. The van der Waals surface area contributed by atoms with Gasteiger partial charge in [-0.15, -0.1) is 0 Å². The van der Waals surface area contributed by atoms with Crippen molar-refractivity contribution in [3.8, 4) is 11.8 Å². The third-order valence-electron chi connectivity index (χ3n) is 1.96. The highest BCUT2D eigenvalue weighted by atomic mass is 16.5. The third-order valence-corrected chi connectivity index (χ3v) is 1.96. The third kappa shape index (κ3) is 4.82. The molecule has 0 aliphatic carbocycles. The van der Waals surface area contributed by atoms with Gasteiger partial charge in [0.1, 0.15) is 5.60 Å². The maximum Gasteiger partial charge on any atom is 0.123 e. The van der Waals surface area contributed by atoms with Gasteiger partial charge < -0.3 is 4.74 Å². The molecule has 0 amide bonds. The SMILES string of the molecule is C=C(C)COC(C)(C)C#Cc1ccccc1. The Hall–Kier alpha value is -1.52. The van der Waals surface area contributed by atoms with Crippen LogP contribution in [0.25, 0.3) is 0 Å². The summed E-state index contributed by atoms with van der Waals surface area (Å²) in [6.07, 6.45) is 0. The molecule has 1 heteroatoms. The molecule has 1 rings (SSSR count). The van der Waals surface area contributed by atoms with E-state index in [-0.39, 0.29) is 0 Å². The lowest BCUT2D eigenvalue weighted by Crippen LogP contribution is -2.22. The minimum atomic E-state index is -0.436. The normalized spacial score (nSPS) is 10.4. The van der Waals surface area contributed by atoms with Crippen LogP contribution in [0.5, 0.6) is 0 Å².